The number of carbonyl (C=O) groups is 2. The van der Waals surface area contributed by atoms with Crippen molar-refractivity contribution in [3.63, 3.8) is 0 Å². The number of fused-ring (bicyclic) bond motifs is 1. The molecule has 7 heteroatoms. The van der Waals surface area contributed by atoms with Gasteiger partial charge in [-0.3, -0.25) is 0 Å². The third-order valence-corrected chi connectivity index (χ3v) is 5.38. The van der Waals surface area contributed by atoms with Crippen LogP contribution in [0.25, 0.3) is 10.2 Å². The Morgan fingerprint density at radius 1 is 1.19 bits per heavy atom. The van der Waals surface area contributed by atoms with Crippen molar-refractivity contribution in [1.29, 1.82) is 0 Å². The molecule has 1 atom stereocenters. The molecule has 0 spiro atoms. The van der Waals surface area contributed by atoms with Crippen molar-refractivity contribution < 1.29 is 14.3 Å². The highest BCUT2D eigenvalue weighted by Crippen LogP contribution is 2.33. The molecule has 2 aromatic carbocycles. The first-order valence-electron chi connectivity index (χ1n) is 8.21. The van der Waals surface area contributed by atoms with Crippen molar-refractivity contribution in [2.45, 2.75) is 13.2 Å². The topological polar surface area (TPSA) is 62.7 Å². The number of aromatic nitrogens is 1. The molecule has 26 heavy (non-hydrogen) atoms. The lowest BCUT2D eigenvalue weighted by atomic mass is 10.1. The zero-order valence-corrected chi connectivity index (χ0v) is 15.2. The van der Waals surface area contributed by atoms with Crippen LogP contribution in [0.2, 0.25) is 0 Å². The number of nitrogens with zero attached hydrogens (tertiary/aromatic N) is 3. The number of ether oxygens (including phenoxy) is 1. The third-order valence-electron chi connectivity index (χ3n) is 4.35. The quantitative estimate of drug-likeness (QED) is 0.663. The molecule has 2 heterocycles. The number of carbonyl (C=O) groups excluding carboxylic acids is 2. The number of anilines is 1. The molecule has 2 amide bonds. The fourth-order valence-corrected chi connectivity index (χ4v) is 3.95. The summed E-state index contributed by atoms with van der Waals surface area (Å²) in [5.74, 6) is -0.442. The molecule has 0 saturated carbocycles. The van der Waals surface area contributed by atoms with E-state index in [1.54, 1.807) is 19.2 Å². The van der Waals surface area contributed by atoms with Crippen LogP contribution in [0.3, 0.4) is 0 Å². The number of esters is 1. The van der Waals surface area contributed by atoms with E-state index in [9.17, 15) is 9.59 Å². The standard InChI is InChI=1S/C19H17N3O3S/c1-12-7-3-4-8-13(12)17(23)25-16-11-21(2)19(24)22(16)18-20-14-9-5-6-10-15(14)26-18/h3-10,16H,11H2,1-2H3. The lowest BCUT2D eigenvalue weighted by Gasteiger charge is -2.20. The molecule has 1 fully saturated rings. The van der Waals surface area contributed by atoms with Crippen LogP contribution in [-0.2, 0) is 4.74 Å². The Morgan fingerprint density at radius 2 is 1.92 bits per heavy atom. The van der Waals surface area contributed by atoms with E-state index in [-0.39, 0.29) is 6.03 Å². The first-order valence-corrected chi connectivity index (χ1v) is 9.03. The molecule has 1 aromatic heterocycles. The normalized spacial score (nSPS) is 17.2. The van der Waals surface area contributed by atoms with E-state index in [1.165, 1.54) is 21.1 Å². The average molecular weight is 367 g/mol. The van der Waals surface area contributed by atoms with Gasteiger partial charge in [0.1, 0.15) is 0 Å². The van der Waals surface area contributed by atoms with Gasteiger partial charge >= 0.3 is 12.0 Å². The predicted octanol–water partition coefficient (Wildman–Crippen LogP) is 3.66. The molecule has 1 saturated heterocycles. The summed E-state index contributed by atoms with van der Waals surface area (Å²) in [6.45, 7) is 2.15. The number of aryl methyl sites for hydroxylation is 1. The molecule has 132 valence electrons. The molecule has 0 radical (unpaired) electrons. The van der Waals surface area contributed by atoms with Crippen molar-refractivity contribution >= 4 is 38.7 Å². The van der Waals surface area contributed by atoms with Gasteiger partial charge in [-0.1, -0.05) is 41.7 Å². The Balaban J connectivity index is 1.65. The molecule has 6 nitrogen and oxygen atoms in total. The van der Waals surface area contributed by atoms with Gasteiger partial charge in [-0.25, -0.2) is 19.5 Å². The van der Waals surface area contributed by atoms with Crippen molar-refractivity contribution in [3.8, 4) is 0 Å². The van der Waals surface area contributed by atoms with Crippen molar-refractivity contribution in [2.75, 3.05) is 18.5 Å². The van der Waals surface area contributed by atoms with Crippen LogP contribution in [0.1, 0.15) is 15.9 Å². The summed E-state index contributed by atoms with van der Waals surface area (Å²) in [5.41, 5.74) is 2.15. The van der Waals surface area contributed by atoms with E-state index in [0.717, 1.165) is 15.8 Å². The molecule has 0 aliphatic carbocycles. The Labute approximate surface area is 154 Å². The lowest BCUT2D eigenvalue weighted by Crippen LogP contribution is -2.37. The molecule has 1 aliphatic rings. The maximum Gasteiger partial charge on any atom is 0.340 e. The summed E-state index contributed by atoms with van der Waals surface area (Å²) >= 11 is 1.41. The fraction of sp³-hybridized carbons (Fsp3) is 0.211. The minimum Gasteiger partial charge on any atom is -0.435 e. The van der Waals surface area contributed by atoms with E-state index in [4.69, 9.17) is 4.74 Å². The van der Waals surface area contributed by atoms with Crippen LogP contribution >= 0.6 is 11.3 Å². The summed E-state index contributed by atoms with van der Waals surface area (Å²) in [6.07, 6.45) is -0.708. The van der Waals surface area contributed by atoms with Crippen LogP contribution in [0.4, 0.5) is 9.93 Å². The van der Waals surface area contributed by atoms with Gasteiger partial charge in [0.25, 0.3) is 0 Å². The largest absolute Gasteiger partial charge is 0.435 e. The van der Waals surface area contributed by atoms with Gasteiger partial charge < -0.3 is 9.64 Å². The fourth-order valence-electron chi connectivity index (χ4n) is 2.95. The Bertz CT molecular complexity index is 967. The molecule has 1 unspecified atom stereocenters. The molecule has 4 rings (SSSR count). The number of thiazole rings is 1. The Hall–Kier alpha value is -2.93. The number of urea groups is 1. The van der Waals surface area contributed by atoms with E-state index in [2.05, 4.69) is 4.98 Å². The van der Waals surface area contributed by atoms with Crippen molar-refractivity contribution in [2.24, 2.45) is 0 Å². The van der Waals surface area contributed by atoms with Gasteiger partial charge in [-0.05, 0) is 30.7 Å². The van der Waals surface area contributed by atoms with Gasteiger partial charge in [-0.2, -0.15) is 0 Å². The minimum atomic E-state index is -0.708. The molecule has 1 aliphatic heterocycles. The Kier molecular flexibility index (Phi) is 4.08. The molecular weight excluding hydrogens is 350 g/mol. The zero-order chi connectivity index (χ0) is 18.3. The van der Waals surface area contributed by atoms with E-state index in [1.807, 2.05) is 43.3 Å². The number of hydrogen-bond donors (Lipinski definition) is 0. The second-order valence-electron chi connectivity index (χ2n) is 6.17. The van der Waals surface area contributed by atoms with Crippen molar-refractivity contribution in [3.05, 3.63) is 59.7 Å². The smallest absolute Gasteiger partial charge is 0.340 e. The minimum absolute atomic E-state index is 0.230. The van der Waals surface area contributed by atoms with Gasteiger partial charge in [-0.15, -0.1) is 0 Å². The summed E-state index contributed by atoms with van der Waals surface area (Å²) in [4.78, 5) is 32.7. The van der Waals surface area contributed by atoms with E-state index < -0.39 is 12.2 Å². The number of amides is 2. The molecule has 0 bridgehead atoms. The van der Waals surface area contributed by atoms with Crippen LogP contribution < -0.4 is 4.90 Å². The van der Waals surface area contributed by atoms with Crippen LogP contribution in [0.15, 0.2) is 48.5 Å². The number of likely N-dealkylation sites (N-methyl/N-ethyl adjacent to an activating group) is 1. The lowest BCUT2D eigenvalue weighted by molar-refractivity contribution is 0.0331. The summed E-state index contributed by atoms with van der Waals surface area (Å²) < 4.78 is 6.65. The summed E-state index contributed by atoms with van der Waals surface area (Å²) in [6, 6.07) is 14.7. The highest BCUT2D eigenvalue weighted by atomic mass is 32.1. The molecule has 3 aromatic rings. The van der Waals surface area contributed by atoms with Crippen LogP contribution in [0.5, 0.6) is 0 Å². The summed E-state index contributed by atoms with van der Waals surface area (Å²) in [5, 5.41) is 0.531. The maximum absolute atomic E-state index is 12.6. The van der Waals surface area contributed by atoms with Gasteiger partial charge in [0.2, 0.25) is 6.23 Å². The van der Waals surface area contributed by atoms with Gasteiger partial charge in [0.05, 0.1) is 22.3 Å². The second kappa shape index (κ2) is 6.42. The predicted molar refractivity (Wildman–Crippen MR) is 101 cm³/mol. The first-order chi connectivity index (χ1) is 12.5. The summed E-state index contributed by atoms with van der Waals surface area (Å²) in [7, 11) is 1.68. The van der Waals surface area contributed by atoms with Gasteiger partial charge in [0, 0.05) is 7.05 Å². The number of hydrogen-bond acceptors (Lipinski definition) is 5. The molecule has 0 N–H and O–H groups in total. The highest BCUT2D eigenvalue weighted by Gasteiger charge is 2.40. The number of benzene rings is 2. The van der Waals surface area contributed by atoms with E-state index in [0.29, 0.717) is 17.2 Å². The third kappa shape index (κ3) is 2.80. The number of rotatable bonds is 3. The average Bonchev–Trinajstić information content (AvgIpc) is 3.16. The van der Waals surface area contributed by atoms with Crippen molar-refractivity contribution in [1.82, 2.24) is 9.88 Å². The molecular formula is C19H17N3O3S. The highest BCUT2D eigenvalue weighted by molar-refractivity contribution is 7.22. The SMILES string of the molecule is Cc1ccccc1C(=O)OC1CN(C)C(=O)N1c1nc2ccccc2s1. The zero-order valence-electron chi connectivity index (χ0n) is 14.4. The van der Waals surface area contributed by atoms with E-state index >= 15 is 0 Å². The monoisotopic (exact) mass is 367 g/mol. The first kappa shape index (κ1) is 16.5. The maximum atomic E-state index is 12.6. The van der Waals surface area contributed by atoms with Crippen LogP contribution in [-0.4, -0.2) is 41.7 Å². The number of para-hydroxylation sites is 1. The van der Waals surface area contributed by atoms with Crippen LogP contribution in [0, 0.1) is 6.92 Å². The Morgan fingerprint density at radius 3 is 2.69 bits per heavy atom. The second-order valence-corrected chi connectivity index (χ2v) is 7.18. The van der Waals surface area contributed by atoms with Gasteiger partial charge in [0.15, 0.2) is 5.13 Å².